The van der Waals surface area contributed by atoms with Crippen LogP contribution in [-0.2, 0) is 11.3 Å². The molecule has 2 fully saturated rings. The normalized spacial score (nSPS) is 21.9. The summed E-state index contributed by atoms with van der Waals surface area (Å²) in [6.07, 6.45) is 3.34. The van der Waals surface area contributed by atoms with Gasteiger partial charge in [0.05, 0.1) is 13.2 Å². The van der Waals surface area contributed by atoms with Gasteiger partial charge in [0.1, 0.15) is 5.01 Å². The summed E-state index contributed by atoms with van der Waals surface area (Å²) in [5.41, 5.74) is 1.02. The number of ether oxygens (including phenoxy) is 1. The average molecular weight is 295 g/mol. The molecule has 20 heavy (non-hydrogen) atoms. The molecule has 2 heterocycles. The van der Waals surface area contributed by atoms with Crippen molar-refractivity contribution in [3.63, 3.8) is 0 Å². The standard InChI is InChI=1S/C14H21N3O2S/c1-10-9-20-13(16-10)6-15-14(18)17(12-2-3-12)7-11-4-5-19-8-11/h9,11-12H,2-8H2,1H3,(H,15,18). The van der Waals surface area contributed by atoms with Crippen LogP contribution in [0, 0.1) is 12.8 Å². The van der Waals surface area contributed by atoms with Gasteiger partial charge in [-0.25, -0.2) is 9.78 Å². The van der Waals surface area contributed by atoms with Gasteiger partial charge in [-0.2, -0.15) is 0 Å². The number of aryl methyl sites for hydroxylation is 1. The van der Waals surface area contributed by atoms with E-state index in [4.69, 9.17) is 4.74 Å². The largest absolute Gasteiger partial charge is 0.381 e. The topological polar surface area (TPSA) is 54.5 Å². The summed E-state index contributed by atoms with van der Waals surface area (Å²) in [6, 6.07) is 0.487. The Balaban J connectivity index is 1.52. The van der Waals surface area contributed by atoms with E-state index in [0.717, 1.165) is 49.7 Å². The summed E-state index contributed by atoms with van der Waals surface area (Å²) in [6.45, 7) is 4.96. The highest BCUT2D eigenvalue weighted by atomic mass is 32.1. The number of carbonyl (C=O) groups excluding carboxylic acids is 1. The number of thiazole rings is 1. The molecule has 5 nitrogen and oxygen atoms in total. The van der Waals surface area contributed by atoms with Gasteiger partial charge in [-0.1, -0.05) is 0 Å². The third-order valence-electron chi connectivity index (χ3n) is 3.78. The fraction of sp³-hybridized carbons (Fsp3) is 0.714. The summed E-state index contributed by atoms with van der Waals surface area (Å²) in [7, 11) is 0. The lowest BCUT2D eigenvalue weighted by atomic mass is 10.1. The highest BCUT2D eigenvalue weighted by molar-refractivity contribution is 7.09. The molecule has 1 saturated heterocycles. The van der Waals surface area contributed by atoms with E-state index < -0.39 is 0 Å². The third kappa shape index (κ3) is 3.49. The average Bonchev–Trinajstić information content (AvgIpc) is 2.97. The monoisotopic (exact) mass is 295 g/mol. The van der Waals surface area contributed by atoms with E-state index in [1.54, 1.807) is 11.3 Å². The first kappa shape index (κ1) is 13.8. The summed E-state index contributed by atoms with van der Waals surface area (Å²) in [5, 5.41) is 5.98. The van der Waals surface area contributed by atoms with Gasteiger partial charge < -0.3 is 15.0 Å². The molecule has 2 aliphatic rings. The Hall–Kier alpha value is -1.14. The first-order chi connectivity index (χ1) is 9.72. The van der Waals surface area contributed by atoms with Gasteiger partial charge >= 0.3 is 6.03 Å². The minimum atomic E-state index is 0.0484. The van der Waals surface area contributed by atoms with Crippen molar-refractivity contribution in [2.24, 2.45) is 5.92 Å². The number of rotatable bonds is 5. The van der Waals surface area contributed by atoms with E-state index in [1.807, 2.05) is 17.2 Å². The Morgan fingerprint density at radius 2 is 2.40 bits per heavy atom. The molecular weight excluding hydrogens is 274 g/mol. The zero-order valence-corrected chi connectivity index (χ0v) is 12.6. The lowest BCUT2D eigenvalue weighted by Crippen LogP contribution is -2.43. The van der Waals surface area contributed by atoms with Gasteiger partial charge in [0.15, 0.2) is 0 Å². The number of hydrogen-bond acceptors (Lipinski definition) is 4. The second-order valence-corrected chi connectivity index (χ2v) is 6.60. The molecule has 0 radical (unpaired) electrons. The van der Waals surface area contributed by atoms with Gasteiger partial charge in [-0.15, -0.1) is 11.3 Å². The quantitative estimate of drug-likeness (QED) is 0.905. The molecular formula is C14H21N3O2S. The SMILES string of the molecule is Cc1csc(CNC(=O)N(CC2CCOC2)C2CC2)n1. The third-order valence-corrected chi connectivity index (χ3v) is 4.75. The number of aromatic nitrogens is 1. The molecule has 1 N–H and O–H groups in total. The van der Waals surface area contributed by atoms with Gasteiger partial charge in [-0.05, 0) is 26.2 Å². The van der Waals surface area contributed by atoms with Gasteiger partial charge in [0.2, 0.25) is 0 Å². The summed E-state index contributed by atoms with van der Waals surface area (Å²) < 4.78 is 5.40. The Labute approximate surface area is 123 Å². The molecule has 1 aromatic heterocycles. The predicted molar refractivity (Wildman–Crippen MR) is 77.7 cm³/mol. The number of carbonyl (C=O) groups is 1. The van der Waals surface area contributed by atoms with E-state index in [2.05, 4.69) is 10.3 Å². The van der Waals surface area contributed by atoms with Crippen LogP contribution in [0.5, 0.6) is 0 Å². The molecule has 0 bridgehead atoms. The molecule has 1 atom stereocenters. The summed E-state index contributed by atoms with van der Waals surface area (Å²) >= 11 is 1.60. The van der Waals surface area contributed by atoms with E-state index >= 15 is 0 Å². The molecule has 1 aliphatic heterocycles. The predicted octanol–water partition coefficient (Wildman–Crippen LogP) is 2.16. The maximum absolute atomic E-state index is 12.3. The lowest BCUT2D eigenvalue weighted by molar-refractivity contribution is 0.162. The van der Waals surface area contributed by atoms with Crippen LogP contribution in [0.2, 0.25) is 0 Å². The highest BCUT2D eigenvalue weighted by Crippen LogP contribution is 2.29. The molecule has 1 aromatic rings. The van der Waals surface area contributed by atoms with Crippen molar-refractivity contribution in [1.82, 2.24) is 15.2 Å². The van der Waals surface area contributed by atoms with Gasteiger partial charge in [0, 0.05) is 36.2 Å². The van der Waals surface area contributed by atoms with Crippen LogP contribution in [-0.4, -0.2) is 41.7 Å². The molecule has 0 aromatic carbocycles. The lowest BCUT2D eigenvalue weighted by Gasteiger charge is -2.25. The van der Waals surface area contributed by atoms with Crippen LogP contribution in [0.1, 0.15) is 30.0 Å². The van der Waals surface area contributed by atoms with E-state index in [-0.39, 0.29) is 6.03 Å². The molecule has 2 amide bonds. The zero-order valence-electron chi connectivity index (χ0n) is 11.8. The number of urea groups is 1. The highest BCUT2D eigenvalue weighted by Gasteiger charge is 2.34. The van der Waals surface area contributed by atoms with Gasteiger partial charge in [-0.3, -0.25) is 0 Å². The number of nitrogens with one attached hydrogen (secondary N) is 1. The Morgan fingerprint density at radius 1 is 1.55 bits per heavy atom. The number of amides is 2. The van der Waals surface area contributed by atoms with Crippen LogP contribution in [0.15, 0.2) is 5.38 Å². The second-order valence-electron chi connectivity index (χ2n) is 5.65. The molecule has 110 valence electrons. The van der Waals surface area contributed by atoms with Crippen molar-refractivity contribution in [3.05, 3.63) is 16.1 Å². The molecule has 3 rings (SSSR count). The minimum Gasteiger partial charge on any atom is -0.381 e. The first-order valence-corrected chi connectivity index (χ1v) is 8.13. The van der Waals surface area contributed by atoms with Crippen LogP contribution in [0.25, 0.3) is 0 Å². The molecule has 1 saturated carbocycles. The van der Waals surface area contributed by atoms with Crippen LogP contribution < -0.4 is 5.32 Å². The van der Waals surface area contributed by atoms with E-state index in [0.29, 0.717) is 18.5 Å². The summed E-state index contributed by atoms with van der Waals surface area (Å²) in [5.74, 6) is 0.503. The van der Waals surface area contributed by atoms with Crippen LogP contribution >= 0.6 is 11.3 Å². The van der Waals surface area contributed by atoms with E-state index in [9.17, 15) is 4.79 Å². The van der Waals surface area contributed by atoms with Crippen LogP contribution in [0.3, 0.4) is 0 Å². The van der Waals surface area contributed by atoms with Crippen molar-refractivity contribution in [2.45, 2.75) is 38.8 Å². The summed E-state index contributed by atoms with van der Waals surface area (Å²) in [4.78, 5) is 18.7. The molecule has 0 spiro atoms. The van der Waals surface area contributed by atoms with Crippen molar-refractivity contribution < 1.29 is 9.53 Å². The first-order valence-electron chi connectivity index (χ1n) is 7.25. The van der Waals surface area contributed by atoms with Gasteiger partial charge in [0.25, 0.3) is 0 Å². The fourth-order valence-electron chi connectivity index (χ4n) is 2.53. The molecule has 6 heteroatoms. The molecule has 1 aliphatic carbocycles. The maximum atomic E-state index is 12.3. The van der Waals surface area contributed by atoms with Crippen molar-refractivity contribution in [1.29, 1.82) is 0 Å². The fourth-order valence-corrected chi connectivity index (χ4v) is 3.24. The number of nitrogens with zero attached hydrogens (tertiary/aromatic N) is 2. The van der Waals surface area contributed by atoms with Crippen molar-refractivity contribution >= 4 is 17.4 Å². The van der Waals surface area contributed by atoms with Crippen molar-refractivity contribution in [2.75, 3.05) is 19.8 Å². The number of hydrogen-bond donors (Lipinski definition) is 1. The Bertz CT molecular complexity index is 467. The molecule has 1 unspecified atom stereocenters. The maximum Gasteiger partial charge on any atom is 0.318 e. The van der Waals surface area contributed by atoms with Crippen molar-refractivity contribution in [3.8, 4) is 0 Å². The smallest absolute Gasteiger partial charge is 0.318 e. The zero-order chi connectivity index (χ0) is 13.9. The minimum absolute atomic E-state index is 0.0484. The Kier molecular flexibility index (Phi) is 4.21. The Morgan fingerprint density at radius 3 is 3.00 bits per heavy atom. The van der Waals surface area contributed by atoms with E-state index in [1.165, 1.54) is 0 Å². The second kappa shape index (κ2) is 6.10. The van der Waals surface area contributed by atoms with Crippen LogP contribution in [0.4, 0.5) is 4.79 Å².